The maximum Gasteiger partial charge on any atom is 0.573 e. The lowest BCUT2D eigenvalue weighted by Crippen LogP contribution is -2.18. The third kappa shape index (κ3) is 5.83. The van der Waals surface area contributed by atoms with E-state index in [-0.39, 0.29) is 6.42 Å². The highest BCUT2D eigenvalue weighted by atomic mass is 19.4. The first-order chi connectivity index (χ1) is 11.3. The lowest BCUT2D eigenvalue weighted by atomic mass is 10.00. The summed E-state index contributed by atoms with van der Waals surface area (Å²) in [5, 5.41) is 0. The summed E-state index contributed by atoms with van der Waals surface area (Å²) in [7, 11) is 0. The number of benzene rings is 2. The van der Waals surface area contributed by atoms with E-state index >= 15 is 0 Å². The summed E-state index contributed by atoms with van der Waals surface area (Å²) < 4.78 is 68.5. The minimum atomic E-state index is -4.90. The molecule has 0 fully saturated rings. The molecule has 0 spiro atoms. The Hall–Kier alpha value is -2.11. The van der Waals surface area contributed by atoms with Crippen molar-refractivity contribution in [2.24, 2.45) is 0 Å². The maximum absolute atomic E-state index is 14.2. The van der Waals surface area contributed by atoms with Crippen molar-refractivity contribution in [2.45, 2.75) is 38.0 Å². The first kappa shape index (κ1) is 18.2. The predicted octanol–water partition coefficient (Wildman–Crippen LogP) is 6.09. The molecule has 0 radical (unpaired) electrons. The summed E-state index contributed by atoms with van der Waals surface area (Å²) >= 11 is 0. The molecule has 0 bridgehead atoms. The third-order valence-corrected chi connectivity index (χ3v) is 3.54. The van der Waals surface area contributed by atoms with Crippen LogP contribution >= 0.6 is 0 Å². The minimum Gasteiger partial charge on any atom is -0.406 e. The number of alkyl halides is 5. The number of halogens is 5. The maximum atomic E-state index is 14.2. The Morgan fingerprint density at radius 2 is 1.50 bits per heavy atom. The quantitative estimate of drug-likeness (QED) is 0.436. The number of rotatable bonds is 7. The van der Waals surface area contributed by atoms with Gasteiger partial charge in [0, 0.05) is 12.0 Å². The SMILES string of the molecule is FC(F)(F)Oc1cccc(C(F)(F)CCCCc2ccccc2)c1. The summed E-state index contributed by atoms with van der Waals surface area (Å²) in [5.74, 6) is -3.83. The summed E-state index contributed by atoms with van der Waals surface area (Å²) in [6.45, 7) is 0. The summed E-state index contributed by atoms with van der Waals surface area (Å²) in [6, 6.07) is 13.5. The van der Waals surface area contributed by atoms with Gasteiger partial charge >= 0.3 is 6.36 Å². The number of hydrogen-bond donors (Lipinski definition) is 0. The Bertz CT molecular complexity index is 637. The molecule has 130 valence electrons. The van der Waals surface area contributed by atoms with Gasteiger partial charge in [0.1, 0.15) is 5.75 Å². The topological polar surface area (TPSA) is 9.23 Å². The largest absolute Gasteiger partial charge is 0.573 e. The van der Waals surface area contributed by atoms with Crippen LogP contribution in [0.3, 0.4) is 0 Å². The molecule has 0 N–H and O–H groups in total. The first-order valence-corrected chi connectivity index (χ1v) is 7.54. The Balaban J connectivity index is 1.91. The van der Waals surface area contributed by atoms with Crippen LogP contribution in [-0.4, -0.2) is 6.36 Å². The van der Waals surface area contributed by atoms with Gasteiger partial charge in [0.05, 0.1) is 0 Å². The minimum absolute atomic E-state index is 0.270. The van der Waals surface area contributed by atoms with Crippen LogP contribution in [0.5, 0.6) is 5.75 Å². The molecule has 2 aromatic carbocycles. The standard InChI is InChI=1S/C18H17F5O/c19-17(20,12-5-4-9-14-7-2-1-3-8-14)15-10-6-11-16(13-15)24-18(21,22)23/h1-3,6-8,10-11,13H,4-5,9,12H2. The summed E-state index contributed by atoms with van der Waals surface area (Å²) in [6.07, 6.45) is -3.78. The molecule has 0 aromatic heterocycles. The molecule has 0 aliphatic carbocycles. The van der Waals surface area contributed by atoms with Crippen molar-refractivity contribution < 1.29 is 26.7 Å². The number of aryl methyl sites for hydroxylation is 1. The Labute approximate surface area is 137 Å². The van der Waals surface area contributed by atoms with E-state index in [4.69, 9.17) is 0 Å². The van der Waals surface area contributed by atoms with Crippen molar-refractivity contribution in [2.75, 3.05) is 0 Å². The molecule has 0 amide bonds. The lowest BCUT2D eigenvalue weighted by molar-refractivity contribution is -0.274. The monoisotopic (exact) mass is 344 g/mol. The molecule has 0 unspecified atom stereocenters. The van der Waals surface area contributed by atoms with Gasteiger partial charge in [-0.3, -0.25) is 0 Å². The second-order valence-electron chi connectivity index (χ2n) is 5.47. The fourth-order valence-corrected chi connectivity index (χ4v) is 2.39. The first-order valence-electron chi connectivity index (χ1n) is 7.54. The molecule has 24 heavy (non-hydrogen) atoms. The average molecular weight is 344 g/mol. The molecule has 6 heteroatoms. The molecule has 0 atom stereocenters. The van der Waals surface area contributed by atoms with Crippen molar-refractivity contribution in [3.63, 3.8) is 0 Å². The van der Waals surface area contributed by atoms with Gasteiger partial charge in [-0.25, -0.2) is 8.78 Å². The Morgan fingerprint density at radius 1 is 0.792 bits per heavy atom. The fourth-order valence-electron chi connectivity index (χ4n) is 2.39. The van der Waals surface area contributed by atoms with Crippen molar-refractivity contribution in [1.82, 2.24) is 0 Å². The highest BCUT2D eigenvalue weighted by Crippen LogP contribution is 2.36. The van der Waals surface area contributed by atoms with Gasteiger partial charge in [-0.15, -0.1) is 13.2 Å². The highest BCUT2D eigenvalue weighted by Gasteiger charge is 2.34. The normalized spacial score (nSPS) is 12.2. The molecule has 1 nitrogen and oxygen atoms in total. The zero-order chi connectivity index (χ0) is 17.6. The number of ether oxygens (including phenoxy) is 1. The predicted molar refractivity (Wildman–Crippen MR) is 81.0 cm³/mol. The van der Waals surface area contributed by atoms with Crippen LogP contribution in [-0.2, 0) is 12.3 Å². The van der Waals surface area contributed by atoms with E-state index in [1.807, 2.05) is 30.3 Å². The van der Waals surface area contributed by atoms with Gasteiger partial charge in [0.2, 0.25) is 0 Å². The van der Waals surface area contributed by atoms with Gasteiger partial charge in [0.15, 0.2) is 0 Å². The molecular weight excluding hydrogens is 327 g/mol. The van der Waals surface area contributed by atoms with E-state index < -0.39 is 30.0 Å². The van der Waals surface area contributed by atoms with Gasteiger partial charge in [-0.2, -0.15) is 0 Å². The summed E-state index contributed by atoms with van der Waals surface area (Å²) in [5.41, 5.74) is 0.602. The highest BCUT2D eigenvalue weighted by molar-refractivity contribution is 5.31. The van der Waals surface area contributed by atoms with E-state index in [9.17, 15) is 22.0 Å². The molecule has 2 rings (SSSR count). The van der Waals surface area contributed by atoms with E-state index in [0.29, 0.717) is 12.8 Å². The second-order valence-corrected chi connectivity index (χ2v) is 5.47. The van der Waals surface area contributed by atoms with E-state index in [1.54, 1.807) is 0 Å². The van der Waals surface area contributed by atoms with Gasteiger partial charge < -0.3 is 4.74 Å². The van der Waals surface area contributed by atoms with Gasteiger partial charge in [-0.05, 0) is 37.0 Å². The lowest BCUT2D eigenvalue weighted by Gasteiger charge is -2.18. The van der Waals surface area contributed by atoms with Crippen molar-refractivity contribution in [3.05, 3.63) is 65.7 Å². The molecule has 0 saturated heterocycles. The van der Waals surface area contributed by atoms with Crippen LogP contribution in [0.25, 0.3) is 0 Å². The van der Waals surface area contributed by atoms with Crippen molar-refractivity contribution in [3.8, 4) is 5.75 Å². The van der Waals surface area contributed by atoms with Crippen LogP contribution in [0, 0.1) is 0 Å². The fraction of sp³-hybridized carbons (Fsp3) is 0.333. The molecule has 0 aliphatic rings. The number of unbranched alkanes of at least 4 members (excludes halogenated alkanes) is 1. The van der Waals surface area contributed by atoms with Crippen LogP contribution in [0.2, 0.25) is 0 Å². The number of hydrogen-bond acceptors (Lipinski definition) is 1. The Kier molecular flexibility index (Phi) is 5.80. The third-order valence-electron chi connectivity index (χ3n) is 3.54. The summed E-state index contributed by atoms with van der Waals surface area (Å²) in [4.78, 5) is 0. The zero-order valence-electron chi connectivity index (χ0n) is 12.8. The van der Waals surface area contributed by atoms with Crippen LogP contribution in [0.4, 0.5) is 22.0 Å². The van der Waals surface area contributed by atoms with E-state index in [2.05, 4.69) is 4.74 Å². The molecule has 0 aliphatic heterocycles. The molecule has 2 aromatic rings. The van der Waals surface area contributed by atoms with Crippen LogP contribution < -0.4 is 4.74 Å². The van der Waals surface area contributed by atoms with Gasteiger partial charge in [0.25, 0.3) is 5.92 Å². The van der Waals surface area contributed by atoms with Crippen LogP contribution in [0.15, 0.2) is 54.6 Å². The van der Waals surface area contributed by atoms with Crippen molar-refractivity contribution in [1.29, 1.82) is 0 Å². The van der Waals surface area contributed by atoms with Gasteiger partial charge in [-0.1, -0.05) is 42.5 Å². The smallest absolute Gasteiger partial charge is 0.406 e. The Morgan fingerprint density at radius 3 is 2.17 bits per heavy atom. The van der Waals surface area contributed by atoms with E-state index in [1.165, 1.54) is 0 Å². The van der Waals surface area contributed by atoms with Crippen LogP contribution in [0.1, 0.15) is 30.4 Å². The molecular formula is C18H17F5O. The average Bonchev–Trinajstić information content (AvgIpc) is 2.51. The zero-order valence-corrected chi connectivity index (χ0v) is 12.8. The van der Waals surface area contributed by atoms with E-state index in [0.717, 1.165) is 29.8 Å². The molecule has 0 saturated carbocycles. The van der Waals surface area contributed by atoms with Crippen molar-refractivity contribution >= 4 is 0 Å². The molecule has 0 heterocycles. The second kappa shape index (κ2) is 7.64.